The fourth-order valence-electron chi connectivity index (χ4n) is 1.65. The van der Waals surface area contributed by atoms with Gasteiger partial charge in [-0.2, -0.15) is 9.15 Å². The quantitative estimate of drug-likeness (QED) is 0.624. The molecule has 0 aliphatic carbocycles. The third-order valence-electron chi connectivity index (χ3n) is 2.47. The Labute approximate surface area is 84.8 Å². The first kappa shape index (κ1) is 9.13. The number of rotatable bonds is 3. The summed E-state index contributed by atoms with van der Waals surface area (Å²) in [6, 6.07) is 10.6. The van der Waals surface area contributed by atoms with E-state index in [1.165, 1.54) is 5.56 Å². The molecule has 0 N–H and O–H groups in total. The van der Waals surface area contributed by atoms with Crippen molar-refractivity contribution in [2.75, 3.05) is 20.3 Å². The molecular formula is C12H16N2+2. The summed E-state index contributed by atoms with van der Waals surface area (Å²) in [7, 11) is 2.10. The summed E-state index contributed by atoms with van der Waals surface area (Å²) in [6.07, 6.45) is 5.40. The highest BCUT2D eigenvalue weighted by molar-refractivity contribution is 6.11. The van der Waals surface area contributed by atoms with Crippen LogP contribution in [0.3, 0.4) is 0 Å². The number of hydrogen-bond donors (Lipinski definition) is 0. The average molecular weight is 188 g/mol. The zero-order valence-electron chi connectivity index (χ0n) is 8.56. The molecule has 0 saturated heterocycles. The molecule has 1 aromatic carbocycles. The summed E-state index contributed by atoms with van der Waals surface area (Å²) >= 11 is 0. The van der Waals surface area contributed by atoms with Crippen molar-refractivity contribution in [2.45, 2.75) is 6.42 Å². The molecule has 2 rings (SSSR count). The second-order valence-electron chi connectivity index (χ2n) is 3.74. The highest BCUT2D eigenvalue weighted by atomic mass is 15.2. The fraction of sp³-hybridized carbons (Fsp3) is 0.333. The van der Waals surface area contributed by atoms with Crippen LogP contribution in [0.5, 0.6) is 0 Å². The summed E-state index contributed by atoms with van der Waals surface area (Å²) < 4.78 is 4.51. The summed E-state index contributed by atoms with van der Waals surface area (Å²) in [4.78, 5) is 0. The Morgan fingerprint density at radius 2 is 1.93 bits per heavy atom. The Kier molecular flexibility index (Phi) is 2.73. The first-order valence-electron chi connectivity index (χ1n) is 5.01. The van der Waals surface area contributed by atoms with Crippen LogP contribution in [-0.4, -0.2) is 41.8 Å². The Morgan fingerprint density at radius 3 is 2.57 bits per heavy atom. The van der Waals surface area contributed by atoms with Crippen molar-refractivity contribution in [3.63, 3.8) is 0 Å². The average Bonchev–Trinajstić information content (AvgIpc) is 2.63. The van der Waals surface area contributed by atoms with Gasteiger partial charge in [-0.25, -0.2) is 0 Å². The number of nitrogens with zero attached hydrogens (tertiary/aromatic N) is 2. The lowest BCUT2D eigenvalue weighted by Crippen LogP contribution is -2.18. The lowest BCUT2D eigenvalue weighted by molar-refractivity contribution is -0.699. The van der Waals surface area contributed by atoms with Gasteiger partial charge in [-0.3, -0.25) is 0 Å². The molecule has 0 amide bonds. The minimum Gasteiger partial charge on any atom is -0.176 e. The molecule has 0 fully saturated rings. The van der Waals surface area contributed by atoms with Crippen LogP contribution in [0.25, 0.3) is 0 Å². The summed E-state index contributed by atoms with van der Waals surface area (Å²) in [5.41, 5.74) is 1.41. The molecule has 1 aliphatic rings. The maximum atomic E-state index is 2.33. The zero-order chi connectivity index (χ0) is 9.80. The van der Waals surface area contributed by atoms with Gasteiger partial charge in [-0.05, 0) is 5.56 Å². The standard InChI is InChI=1S/C12H16N2/c1-13-9-10-14(11-13)8-7-12-5-3-2-4-6-12/h2-6,9-10H,7-8,11H2,1H3/q+2. The monoisotopic (exact) mass is 188 g/mol. The van der Waals surface area contributed by atoms with E-state index in [-0.39, 0.29) is 0 Å². The van der Waals surface area contributed by atoms with Crippen molar-refractivity contribution in [2.24, 2.45) is 0 Å². The van der Waals surface area contributed by atoms with Crippen LogP contribution < -0.4 is 0 Å². The van der Waals surface area contributed by atoms with Crippen molar-refractivity contribution in [3.05, 3.63) is 35.9 Å². The van der Waals surface area contributed by atoms with Crippen LogP contribution >= 0.6 is 0 Å². The van der Waals surface area contributed by atoms with E-state index in [2.05, 4.69) is 59.0 Å². The van der Waals surface area contributed by atoms with Crippen molar-refractivity contribution in [3.8, 4) is 0 Å². The third-order valence-corrected chi connectivity index (χ3v) is 2.47. The van der Waals surface area contributed by atoms with E-state index in [0.717, 1.165) is 19.6 Å². The highest BCUT2D eigenvalue weighted by Gasteiger charge is 2.15. The first-order valence-corrected chi connectivity index (χ1v) is 5.01. The minimum atomic E-state index is 1.02. The second-order valence-corrected chi connectivity index (χ2v) is 3.74. The van der Waals surface area contributed by atoms with E-state index in [9.17, 15) is 0 Å². The van der Waals surface area contributed by atoms with Crippen molar-refractivity contribution in [1.82, 2.24) is 0 Å². The van der Waals surface area contributed by atoms with Gasteiger partial charge in [-0.15, -0.1) is 0 Å². The molecule has 1 heterocycles. The van der Waals surface area contributed by atoms with Gasteiger partial charge in [0.05, 0.1) is 0 Å². The van der Waals surface area contributed by atoms with Crippen LogP contribution in [0.2, 0.25) is 0 Å². The van der Waals surface area contributed by atoms with Crippen molar-refractivity contribution in [1.29, 1.82) is 0 Å². The molecule has 2 heteroatoms. The van der Waals surface area contributed by atoms with Gasteiger partial charge in [-0.1, -0.05) is 30.3 Å². The van der Waals surface area contributed by atoms with E-state index in [1.807, 2.05) is 0 Å². The third kappa shape index (κ3) is 2.28. The Bertz CT molecular complexity index is 363. The van der Waals surface area contributed by atoms with Crippen LogP contribution in [0.15, 0.2) is 30.3 Å². The maximum Gasteiger partial charge on any atom is 0.334 e. The van der Waals surface area contributed by atoms with Crippen LogP contribution in [0, 0.1) is 0 Å². The molecule has 0 spiro atoms. The van der Waals surface area contributed by atoms with E-state index >= 15 is 0 Å². The van der Waals surface area contributed by atoms with Crippen molar-refractivity contribution >= 4 is 12.4 Å². The molecule has 0 saturated carbocycles. The molecule has 0 bridgehead atoms. The molecular weight excluding hydrogens is 172 g/mol. The minimum absolute atomic E-state index is 1.02. The summed E-state index contributed by atoms with van der Waals surface area (Å²) in [5.74, 6) is 0. The Balaban J connectivity index is 1.85. The molecule has 2 nitrogen and oxygen atoms in total. The molecule has 0 aromatic heterocycles. The lowest BCUT2D eigenvalue weighted by Gasteiger charge is -1.97. The summed E-state index contributed by atoms with van der Waals surface area (Å²) in [5, 5.41) is 0. The first-order chi connectivity index (χ1) is 6.84. The Hall–Kier alpha value is -1.44. The van der Waals surface area contributed by atoms with Crippen molar-refractivity contribution < 1.29 is 9.15 Å². The van der Waals surface area contributed by atoms with E-state index in [1.54, 1.807) is 0 Å². The smallest absolute Gasteiger partial charge is 0.176 e. The molecule has 0 radical (unpaired) electrons. The van der Waals surface area contributed by atoms with Gasteiger partial charge in [0, 0.05) is 6.42 Å². The van der Waals surface area contributed by atoms with Gasteiger partial charge in [0.15, 0.2) is 6.54 Å². The van der Waals surface area contributed by atoms with Crippen LogP contribution in [0.1, 0.15) is 5.56 Å². The zero-order valence-corrected chi connectivity index (χ0v) is 8.56. The predicted molar refractivity (Wildman–Crippen MR) is 58.5 cm³/mol. The molecule has 14 heavy (non-hydrogen) atoms. The summed E-state index contributed by atoms with van der Waals surface area (Å²) in [6.45, 7) is 2.12. The predicted octanol–water partition coefficient (Wildman–Crippen LogP) is 0.997. The highest BCUT2D eigenvalue weighted by Crippen LogP contribution is 1.99. The molecule has 72 valence electrons. The number of hydrogen-bond acceptors (Lipinski definition) is 0. The molecule has 0 unspecified atom stereocenters. The topological polar surface area (TPSA) is 6.02 Å². The normalized spacial score (nSPS) is 15.2. The number of benzene rings is 1. The van der Waals surface area contributed by atoms with Gasteiger partial charge < -0.3 is 0 Å². The van der Waals surface area contributed by atoms with Gasteiger partial charge in [0.2, 0.25) is 12.4 Å². The largest absolute Gasteiger partial charge is 0.334 e. The van der Waals surface area contributed by atoms with Gasteiger partial charge in [0.25, 0.3) is 0 Å². The van der Waals surface area contributed by atoms with E-state index in [0.29, 0.717) is 0 Å². The lowest BCUT2D eigenvalue weighted by atomic mass is 10.1. The van der Waals surface area contributed by atoms with E-state index < -0.39 is 0 Å². The second kappa shape index (κ2) is 4.18. The van der Waals surface area contributed by atoms with Crippen LogP contribution in [-0.2, 0) is 6.42 Å². The Morgan fingerprint density at radius 1 is 1.14 bits per heavy atom. The fourth-order valence-corrected chi connectivity index (χ4v) is 1.65. The van der Waals surface area contributed by atoms with E-state index in [4.69, 9.17) is 0 Å². The van der Waals surface area contributed by atoms with Gasteiger partial charge in [0.1, 0.15) is 7.05 Å². The molecule has 1 aliphatic heterocycles. The van der Waals surface area contributed by atoms with Crippen LogP contribution in [0.4, 0.5) is 0 Å². The van der Waals surface area contributed by atoms with Gasteiger partial charge >= 0.3 is 6.67 Å². The molecule has 1 aromatic rings. The SMILES string of the molecule is C[N+]1=CC=[N+](CCc2ccccc2)C1. The molecule has 0 atom stereocenters. The maximum absolute atomic E-state index is 2.33.